The van der Waals surface area contributed by atoms with Gasteiger partial charge in [-0.2, -0.15) is 0 Å². The summed E-state index contributed by atoms with van der Waals surface area (Å²) in [6.45, 7) is 2.51. The first kappa shape index (κ1) is 45.7. The Kier molecular flexibility index (Phi) is 13.5. The molecule has 354 valence electrons. The minimum Gasteiger partial charge on any atom is -0.351 e. The largest absolute Gasteiger partial charge is 0.351 e. The fraction of sp³-hybridized carbons (Fsp3) is 0.500. The van der Waals surface area contributed by atoms with Gasteiger partial charge < -0.3 is 51.5 Å². The lowest BCUT2D eigenvalue weighted by molar-refractivity contribution is -0.144. The third kappa shape index (κ3) is 10.3. The molecular formula is C50H62N10O7. The van der Waals surface area contributed by atoms with Gasteiger partial charge in [0.1, 0.15) is 18.1 Å². The van der Waals surface area contributed by atoms with Crippen molar-refractivity contribution in [3.8, 4) is 0 Å². The van der Waals surface area contributed by atoms with Gasteiger partial charge in [-0.25, -0.2) is 9.59 Å². The van der Waals surface area contributed by atoms with Gasteiger partial charge in [0.25, 0.3) is 0 Å². The summed E-state index contributed by atoms with van der Waals surface area (Å²) in [4.78, 5) is 102. The van der Waals surface area contributed by atoms with Gasteiger partial charge in [-0.15, -0.1) is 0 Å². The van der Waals surface area contributed by atoms with E-state index in [4.69, 9.17) is 0 Å². The molecule has 17 nitrogen and oxygen atoms in total. The molecule has 9 amide bonds. The zero-order valence-electron chi connectivity index (χ0n) is 38.2. The van der Waals surface area contributed by atoms with E-state index in [1.165, 1.54) is 16.0 Å². The average molecular weight is 915 g/mol. The van der Waals surface area contributed by atoms with Gasteiger partial charge in [0.15, 0.2) is 0 Å². The number of amides is 9. The summed E-state index contributed by atoms with van der Waals surface area (Å²) in [5, 5.41) is 18.0. The lowest BCUT2D eigenvalue weighted by Crippen LogP contribution is -2.62. The molecule has 4 saturated heterocycles. The van der Waals surface area contributed by atoms with E-state index in [1.54, 1.807) is 52.9 Å². The van der Waals surface area contributed by atoms with Gasteiger partial charge in [-0.05, 0) is 101 Å². The normalized spacial score (nSPS) is 28.4. The standard InChI is InChI=1S/C50H62N10O7/c1-30(51-2)45(62)56-41-29-58(25-22-36-18-20-43(60(36)48(41)65)47(64)55-40-28-38(40)32-11-7-4-8-12-32)50(67)53-34-15-13-33(14-16-34)52-49(66)57-24-21-35-17-19-42(59(35)44(61)23-26-57)46(63)54-39-27-37(39)31-9-5-3-6-10-31/h3-16,30,35-43,51H,17-29H2,1-2H3,(H,52,66)(H,53,67)(H,54,63)(H,55,64)(H,56,62)/t30-,35+,36+,37-,38-,39-,40-,41-,42-,43-/m0/s1. The smallest absolute Gasteiger partial charge is 0.321 e. The third-order valence-electron chi connectivity index (χ3n) is 14.7. The molecular weight excluding hydrogens is 853 g/mol. The number of rotatable bonds is 11. The molecule has 4 aliphatic heterocycles. The first-order valence-corrected chi connectivity index (χ1v) is 24.0. The number of hydrogen-bond donors (Lipinski definition) is 6. The summed E-state index contributed by atoms with van der Waals surface area (Å²) in [7, 11) is 1.65. The van der Waals surface area contributed by atoms with Crippen LogP contribution in [-0.2, 0) is 24.0 Å². The summed E-state index contributed by atoms with van der Waals surface area (Å²) in [6, 6.07) is 22.9. The molecule has 0 aromatic heterocycles. The van der Waals surface area contributed by atoms with Crippen molar-refractivity contribution >= 4 is 53.0 Å². The van der Waals surface area contributed by atoms with Crippen LogP contribution in [0.1, 0.15) is 87.7 Å². The SMILES string of the molecule is CN[C@@H](C)C(=O)N[C@H]1CN(C(=O)Nc2ccc(NC(=O)N3CCC(=O)N4[C@H](CC[C@H]4C(=O)N[C@H]4C[C@H]4c4ccccc4)CC3)cc2)CC[C@H]2CC[C@@H](C(=O)N[C@H]3C[C@H]3c3ccccc3)N2C1=O. The highest BCUT2D eigenvalue weighted by molar-refractivity contribution is 5.96. The molecule has 4 heterocycles. The van der Waals surface area contributed by atoms with Crippen molar-refractivity contribution in [2.75, 3.05) is 43.9 Å². The predicted octanol–water partition coefficient (Wildman–Crippen LogP) is 3.71. The summed E-state index contributed by atoms with van der Waals surface area (Å²) in [6.07, 6.45) is 5.25. The predicted molar refractivity (Wildman–Crippen MR) is 251 cm³/mol. The summed E-state index contributed by atoms with van der Waals surface area (Å²) in [5.41, 5.74) is 3.34. The molecule has 67 heavy (non-hydrogen) atoms. The lowest BCUT2D eigenvalue weighted by atomic mass is 10.1. The van der Waals surface area contributed by atoms with Crippen LogP contribution < -0.4 is 31.9 Å². The highest BCUT2D eigenvalue weighted by Gasteiger charge is 2.49. The van der Waals surface area contributed by atoms with E-state index in [-0.39, 0.29) is 79.9 Å². The summed E-state index contributed by atoms with van der Waals surface area (Å²) >= 11 is 0. The maximum Gasteiger partial charge on any atom is 0.321 e. The second-order valence-electron chi connectivity index (χ2n) is 19.0. The van der Waals surface area contributed by atoms with Crippen LogP contribution in [-0.4, -0.2) is 143 Å². The lowest BCUT2D eigenvalue weighted by Gasteiger charge is -2.39. The van der Waals surface area contributed by atoms with Crippen molar-refractivity contribution in [2.24, 2.45) is 0 Å². The van der Waals surface area contributed by atoms with Gasteiger partial charge in [0.05, 0.1) is 12.6 Å². The van der Waals surface area contributed by atoms with E-state index >= 15 is 0 Å². The first-order chi connectivity index (χ1) is 32.4. The Morgan fingerprint density at radius 1 is 0.582 bits per heavy atom. The average Bonchev–Trinajstić information content (AvgIpc) is 4.19. The number of anilines is 2. The van der Waals surface area contributed by atoms with Crippen LogP contribution in [0.2, 0.25) is 0 Å². The van der Waals surface area contributed by atoms with Crippen molar-refractivity contribution in [1.29, 1.82) is 0 Å². The molecule has 0 radical (unpaired) electrons. The number of hydrogen-bond acceptors (Lipinski definition) is 8. The fourth-order valence-electron chi connectivity index (χ4n) is 10.6. The number of carbonyl (C=O) groups is 7. The van der Waals surface area contributed by atoms with Gasteiger partial charge >= 0.3 is 12.1 Å². The van der Waals surface area contributed by atoms with Gasteiger partial charge in [-0.1, -0.05) is 60.7 Å². The first-order valence-electron chi connectivity index (χ1n) is 24.0. The summed E-state index contributed by atoms with van der Waals surface area (Å²) in [5.74, 6) is -0.670. The minimum atomic E-state index is -1.09. The highest BCUT2D eigenvalue weighted by atomic mass is 16.2. The van der Waals surface area contributed by atoms with Crippen molar-refractivity contribution in [2.45, 2.75) is 125 Å². The number of nitrogens with one attached hydrogen (secondary N) is 6. The number of carbonyl (C=O) groups excluding carboxylic acids is 7. The Morgan fingerprint density at radius 2 is 1.07 bits per heavy atom. The molecule has 3 aromatic carbocycles. The maximum absolute atomic E-state index is 14.4. The van der Waals surface area contributed by atoms with E-state index in [9.17, 15) is 33.6 Å². The molecule has 0 bridgehead atoms. The number of urea groups is 2. The van der Waals surface area contributed by atoms with Crippen LogP contribution in [0, 0.1) is 0 Å². The van der Waals surface area contributed by atoms with Crippen LogP contribution in [0.5, 0.6) is 0 Å². The van der Waals surface area contributed by atoms with Gasteiger partial charge in [0.2, 0.25) is 29.5 Å². The van der Waals surface area contributed by atoms with Crippen molar-refractivity contribution in [3.63, 3.8) is 0 Å². The molecule has 0 spiro atoms. The summed E-state index contributed by atoms with van der Waals surface area (Å²) < 4.78 is 0. The zero-order valence-corrected chi connectivity index (χ0v) is 38.2. The number of nitrogens with zero attached hydrogens (tertiary/aromatic N) is 4. The highest BCUT2D eigenvalue weighted by Crippen LogP contribution is 2.42. The van der Waals surface area contributed by atoms with E-state index in [2.05, 4.69) is 56.2 Å². The molecule has 2 saturated carbocycles. The van der Waals surface area contributed by atoms with Crippen LogP contribution in [0.3, 0.4) is 0 Å². The monoisotopic (exact) mass is 914 g/mol. The van der Waals surface area contributed by atoms with Crippen molar-refractivity contribution < 1.29 is 33.6 Å². The second-order valence-corrected chi connectivity index (χ2v) is 19.0. The molecule has 0 unspecified atom stereocenters. The van der Waals surface area contributed by atoms with Gasteiger partial charge in [-0.3, -0.25) is 24.0 Å². The zero-order chi connectivity index (χ0) is 46.8. The van der Waals surface area contributed by atoms with Crippen molar-refractivity contribution in [3.05, 3.63) is 96.1 Å². The molecule has 6 N–H and O–H groups in total. The Hall–Kier alpha value is -6.49. The van der Waals surface area contributed by atoms with E-state index in [0.717, 1.165) is 12.8 Å². The van der Waals surface area contributed by atoms with Crippen LogP contribution in [0.15, 0.2) is 84.9 Å². The van der Waals surface area contributed by atoms with Crippen LogP contribution >= 0.6 is 0 Å². The molecule has 2 aliphatic carbocycles. The number of fused-ring (bicyclic) bond motifs is 2. The topological polar surface area (TPSA) is 205 Å². The quantitative estimate of drug-likeness (QED) is 0.167. The molecule has 6 aliphatic rings. The third-order valence-corrected chi connectivity index (χ3v) is 14.7. The van der Waals surface area contributed by atoms with Crippen molar-refractivity contribution in [1.82, 2.24) is 40.9 Å². The van der Waals surface area contributed by atoms with Gasteiger partial charge in [0, 0.05) is 73.4 Å². The van der Waals surface area contributed by atoms with E-state index < -0.39 is 42.0 Å². The Bertz CT molecular complexity index is 2340. The molecule has 6 fully saturated rings. The second kappa shape index (κ2) is 19.8. The number of benzene rings is 3. The number of likely N-dealkylation sites (N-methyl/N-ethyl adjacent to an activating group) is 1. The Morgan fingerprint density at radius 3 is 1.61 bits per heavy atom. The Labute approximate surface area is 391 Å². The van der Waals surface area contributed by atoms with E-state index in [1.807, 2.05) is 36.4 Å². The molecule has 10 atom stereocenters. The molecule has 9 rings (SSSR count). The van der Waals surface area contributed by atoms with Crippen LogP contribution in [0.25, 0.3) is 0 Å². The molecule has 17 heteroatoms. The molecule has 3 aromatic rings. The van der Waals surface area contributed by atoms with E-state index in [0.29, 0.717) is 62.4 Å². The minimum absolute atomic E-state index is 0.00234. The maximum atomic E-state index is 14.4. The van der Waals surface area contributed by atoms with Crippen LogP contribution in [0.4, 0.5) is 21.0 Å². The fourth-order valence-corrected chi connectivity index (χ4v) is 10.6. The Balaban J connectivity index is 0.775.